The maximum atomic E-state index is 11.0. The summed E-state index contributed by atoms with van der Waals surface area (Å²) in [5.41, 5.74) is 7.27. The molecule has 1 amide bonds. The van der Waals surface area contributed by atoms with Gasteiger partial charge in [-0.25, -0.2) is 4.79 Å². The highest BCUT2D eigenvalue weighted by Gasteiger charge is 2.06. The molecule has 0 bridgehead atoms. The fourth-order valence-corrected chi connectivity index (χ4v) is 0.996. The molecule has 92 valence electrons. The van der Waals surface area contributed by atoms with Crippen LogP contribution in [0.5, 0.6) is 0 Å². The van der Waals surface area contributed by atoms with Crippen molar-refractivity contribution in [2.45, 2.75) is 38.5 Å². The van der Waals surface area contributed by atoms with E-state index in [-0.39, 0.29) is 19.3 Å². The van der Waals surface area contributed by atoms with Crippen molar-refractivity contribution in [3.63, 3.8) is 0 Å². The Labute approximate surface area is 94.5 Å². The zero-order chi connectivity index (χ0) is 12.2. The molecule has 0 aromatic carbocycles. The van der Waals surface area contributed by atoms with Gasteiger partial charge >= 0.3 is 5.97 Å². The van der Waals surface area contributed by atoms with Gasteiger partial charge in [-0.2, -0.15) is 5.48 Å². The zero-order valence-electron chi connectivity index (χ0n) is 9.24. The molecule has 0 saturated heterocycles. The number of hydroxylamine groups is 1. The first-order valence-electron chi connectivity index (χ1n) is 5.33. The smallest absolute Gasteiger partial charge is 0.332 e. The Balaban J connectivity index is 3.42. The minimum Gasteiger partial charge on any atom is -0.341 e. The van der Waals surface area contributed by atoms with Crippen LogP contribution in [-0.2, 0) is 19.2 Å². The summed E-state index contributed by atoms with van der Waals surface area (Å²) >= 11 is 0. The largest absolute Gasteiger partial charge is 0.341 e. The SMILES string of the molecule is NCCCCCC(=O)ONC(=O)CCC=O. The lowest BCUT2D eigenvalue weighted by Gasteiger charge is -2.04. The average molecular weight is 230 g/mol. The van der Waals surface area contributed by atoms with Crippen LogP contribution < -0.4 is 11.2 Å². The Kier molecular flexibility index (Phi) is 9.20. The predicted molar refractivity (Wildman–Crippen MR) is 57.1 cm³/mol. The van der Waals surface area contributed by atoms with E-state index in [0.29, 0.717) is 19.3 Å². The standard InChI is InChI=1S/C10H18N2O4/c11-7-3-1-2-6-10(15)16-12-9(14)5-4-8-13/h8H,1-7,11H2,(H,12,14). The second-order valence-corrected chi connectivity index (χ2v) is 3.30. The van der Waals surface area contributed by atoms with Crippen molar-refractivity contribution in [1.82, 2.24) is 5.48 Å². The van der Waals surface area contributed by atoms with Gasteiger partial charge in [0.05, 0.1) is 0 Å². The summed E-state index contributed by atoms with van der Waals surface area (Å²) < 4.78 is 0. The number of nitrogens with two attached hydrogens (primary N) is 1. The van der Waals surface area contributed by atoms with Gasteiger partial charge in [0.1, 0.15) is 6.29 Å². The lowest BCUT2D eigenvalue weighted by atomic mass is 10.2. The molecule has 0 atom stereocenters. The molecule has 0 fully saturated rings. The number of carbonyl (C=O) groups excluding carboxylic acids is 3. The van der Waals surface area contributed by atoms with Crippen LogP contribution in [0.25, 0.3) is 0 Å². The third-order valence-electron chi connectivity index (χ3n) is 1.85. The van der Waals surface area contributed by atoms with Crippen molar-refractivity contribution in [2.75, 3.05) is 6.54 Å². The fourth-order valence-electron chi connectivity index (χ4n) is 0.996. The first kappa shape index (κ1) is 14.6. The summed E-state index contributed by atoms with van der Waals surface area (Å²) in [6.07, 6.45) is 3.48. The molecule has 0 radical (unpaired) electrons. The Morgan fingerprint density at radius 1 is 1.19 bits per heavy atom. The topological polar surface area (TPSA) is 98.5 Å². The van der Waals surface area contributed by atoms with Gasteiger partial charge < -0.3 is 15.4 Å². The van der Waals surface area contributed by atoms with E-state index in [9.17, 15) is 14.4 Å². The van der Waals surface area contributed by atoms with Crippen LogP contribution in [-0.4, -0.2) is 24.7 Å². The Hall–Kier alpha value is -1.43. The molecular weight excluding hydrogens is 212 g/mol. The van der Waals surface area contributed by atoms with E-state index in [4.69, 9.17) is 5.73 Å². The highest BCUT2D eigenvalue weighted by atomic mass is 16.7. The van der Waals surface area contributed by atoms with Crippen LogP contribution in [0.1, 0.15) is 38.5 Å². The lowest BCUT2D eigenvalue weighted by Crippen LogP contribution is -2.26. The van der Waals surface area contributed by atoms with Crippen LogP contribution in [0.15, 0.2) is 0 Å². The number of hydrogen-bond donors (Lipinski definition) is 2. The van der Waals surface area contributed by atoms with E-state index >= 15 is 0 Å². The number of aldehydes is 1. The molecule has 0 saturated carbocycles. The van der Waals surface area contributed by atoms with Crippen LogP contribution in [0.3, 0.4) is 0 Å². The minimum absolute atomic E-state index is 0.0317. The molecular formula is C10H18N2O4. The zero-order valence-corrected chi connectivity index (χ0v) is 9.24. The van der Waals surface area contributed by atoms with E-state index < -0.39 is 11.9 Å². The van der Waals surface area contributed by atoms with Crippen LogP contribution >= 0.6 is 0 Å². The highest BCUT2D eigenvalue weighted by Crippen LogP contribution is 1.99. The van der Waals surface area contributed by atoms with Crippen molar-refractivity contribution < 1.29 is 19.2 Å². The molecule has 6 heteroatoms. The van der Waals surface area contributed by atoms with Crippen LogP contribution in [0.2, 0.25) is 0 Å². The van der Waals surface area contributed by atoms with E-state index in [1.807, 2.05) is 5.48 Å². The molecule has 0 aliphatic carbocycles. The maximum absolute atomic E-state index is 11.0. The van der Waals surface area contributed by atoms with Crippen molar-refractivity contribution in [3.05, 3.63) is 0 Å². The third-order valence-corrected chi connectivity index (χ3v) is 1.85. The van der Waals surface area contributed by atoms with E-state index in [1.54, 1.807) is 0 Å². The van der Waals surface area contributed by atoms with E-state index in [1.165, 1.54) is 0 Å². The summed E-state index contributed by atoms with van der Waals surface area (Å²) in [4.78, 5) is 36.4. The van der Waals surface area contributed by atoms with Crippen LogP contribution in [0, 0.1) is 0 Å². The number of rotatable bonds is 8. The van der Waals surface area contributed by atoms with Gasteiger partial charge in [0.15, 0.2) is 0 Å². The molecule has 0 rings (SSSR count). The molecule has 0 aromatic heterocycles. The van der Waals surface area contributed by atoms with Gasteiger partial charge in [0.25, 0.3) is 5.91 Å². The third kappa shape index (κ3) is 9.14. The van der Waals surface area contributed by atoms with Gasteiger partial charge in [-0.3, -0.25) is 4.79 Å². The Morgan fingerprint density at radius 2 is 1.94 bits per heavy atom. The van der Waals surface area contributed by atoms with Gasteiger partial charge in [-0.15, -0.1) is 0 Å². The number of nitrogens with one attached hydrogen (secondary N) is 1. The fraction of sp³-hybridized carbons (Fsp3) is 0.700. The molecule has 0 unspecified atom stereocenters. The van der Waals surface area contributed by atoms with Crippen molar-refractivity contribution >= 4 is 18.2 Å². The summed E-state index contributed by atoms with van der Waals surface area (Å²) in [6, 6.07) is 0. The maximum Gasteiger partial charge on any atom is 0.332 e. The molecule has 0 aliphatic heterocycles. The molecule has 0 spiro atoms. The van der Waals surface area contributed by atoms with Gasteiger partial charge in [0.2, 0.25) is 0 Å². The number of carbonyl (C=O) groups is 3. The second-order valence-electron chi connectivity index (χ2n) is 3.30. The van der Waals surface area contributed by atoms with Gasteiger partial charge in [0, 0.05) is 19.3 Å². The highest BCUT2D eigenvalue weighted by molar-refractivity contribution is 5.79. The van der Waals surface area contributed by atoms with E-state index in [0.717, 1.165) is 12.8 Å². The van der Waals surface area contributed by atoms with Crippen molar-refractivity contribution in [3.8, 4) is 0 Å². The Morgan fingerprint density at radius 3 is 2.56 bits per heavy atom. The quantitative estimate of drug-likeness (QED) is 0.349. The molecule has 0 aromatic rings. The number of amides is 1. The van der Waals surface area contributed by atoms with Crippen molar-refractivity contribution in [1.29, 1.82) is 0 Å². The second kappa shape index (κ2) is 10.1. The normalized spacial score (nSPS) is 9.56. The number of unbranched alkanes of at least 4 members (excludes halogenated alkanes) is 2. The first-order valence-corrected chi connectivity index (χ1v) is 5.33. The van der Waals surface area contributed by atoms with Crippen LogP contribution in [0.4, 0.5) is 0 Å². The molecule has 16 heavy (non-hydrogen) atoms. The van der Waals surface area contributed by atoms with Gasteiger partial charge in [-0.05, 0) is 19.4 Å². The van der Waals surface area contributed by atoms with Crippen molar-refractivity contribution in [2.24, 2.45) is 5.73 Å². The first-order chi connectivity index (χ1) is 7.70. The summed E-state index contributed by atoms with van der Waals surface area (Å²) in [5, 5.41) is 0. The Bertz CT molecular complexity index is 231. The minimum atomic E-state index is -0.475. The monoisotopic (exact) mass is 230 g/mol. The molecule has 3 N–H and O–H groups in total. The predicted octanol–water partition coefficient (Wildman–Crippen LogP) is 0.0590. The van der Waals surface area contributed by atoms with Gasteiger partial charge in [-0.1, -0.05) is 6.42 Å². The lowest BCUT2D eigenvalue weighted by molar-refractivity contribution is -0.158. The summed E-state index contributed by atoms with van der Waals surface area (Å²) in [6.45, 7) is 0.609. The summed E-state index contributed by atoms with van der Waals surface area (Å²) in [5.74, 6) is -0.945. The van der Waals surface area contributed by atoms with E-state index in [2.05, 4.69) is 4.84 Å². The molecule has 0 heterocycles. The molecule has 6 nitrogen and oxygen atoms in total. The number of hydrogen-bond acceptors (Lipinski definition) is 5. The molecule has 0 aliphatic rings. The summed E-state index contributed by atoms with van der Waals surface area (Å²) in [7, 11) is 0. The average Bonchev–Trinajstić information content (AvgIpc) is 2.29.